The van der Waals surface area contributed by atoms with Crippen molar-refractivity contribution in [3.05, 3.63) is 40.2 Å². The second-order valence-corrected chi connectivity index (χ2v) is 4.70. The molecule has 0 radical (unpaired) electrons. The number of hydrazine groups is 1. The second-order valence-electron chi connectivity index (χ2n) is 4.27. The minimum Gasteiger partial charge on any atom is -0.438 e. The minimum atomic E-state index is 0.469. The van der Waals surface area contributed by atoms with Crippen LogP contribution in [-0.4, -0.2) is 9.97 Å². The highest BCUT2D eigenvalue weighted by Gasteiger charge is 2.12. The average Bonchev–Trinajstić information content (AvgIpc) is 2.35. The molecule has 19 heavy (non-hydrogen) atoms. The fourth-order valence-electron chi connectivity index (χ4n) is 1.84. The van der Waals surface area contributed by atoms with Crippen molar-refractivity contribution in [3.63, 3.8) is 0 Å². The summed E-state index contributed by atoms with van der Waals surface area (Å²) in [6, 6.07) is 3.70. The Morgan fingerprint density at radius 3 is 2.37 bits per heavy atom. The minimum absolute atomic E-state index is 0.469. The molecular weight excluding hydrogens is 264 g/mol. The lowest BCUT2D eigenvalue weighted by Gasteiger charge is -2.14. The van der Waals surface area contributed by atoms with Crippen molar-refractivity contribution < 1.29 is 4.74 Å². The summed E-state index contributed by atoms with van der Waals surface area (Å²) < 4.78 is 5.86. The van der Waals surface area contributed by atoms with E-state index < -0.39 is 0 Å². The van der Waals surface area contributed by atoms with Gasteiger partial charge in [-0.3, -0.25) is 0 Å². The van der Waals surface area contributed by atoms with Crippen LogP contribution in [0.3, 0.4) is 0 Å². The van der Waals surface area contributed by atoms with Crippen LogP contribution in [0.25, 0.3) is 0 Å². The van der Waals surface area contributed by atoms with Crippen molar-refractivity contribution in [2.75, 3.05) is 5.43 Å². The lowest BCUT2D eigenvalue weighted by atomic mass is 10.1. The normalized spacial score (nSPS) is 10.4. The number of hydrogen-bond acceptors (Lipinski definition) is 5. The number of hydrogen-bond donors (Lipinski definition) is 2. The van der Waals surface area contributed by atoms with Crippen LogP contribution in [0.1, 0.15) is 16.7 Å². The van der Waals surface area contributed by atoms with E-state index in [2.05, 4.69) is 15.4 Å². The molecule has 6 heteroatoms. The molecule has 0 atom stereocenters. The smallest absolute Gasteiger partial charge is 0.227 e. The third kappa shape index (κ3) is 2.77. The molecule has 0 saturated heterocycles. The summed E-state index contributed by atoms with van der Waals surface area (Å²) in [5.41, 5.74) is 5.16. The van der Waals surface area contributed by atoms with E-state index in [1.165, 1.54) is 6.33 Å². The van der Waals surface area contributed by atoms with Gasteiger partial charge >= 0.3 is 0 Å². The Balaban J connectivity index is 2.42. The van der Waals surface area contributed by atoms with Crippen molar-refractivity contribution in [3.8, 4) is 11.6 Å². The van der Waals surface area contributed by atoms with Gasteiger partial charge in [-0.2, -0.15) is 0 Å². The molecule has 0 spiro atoms. The molecule has 1 aromatic heterocycles. The number of nitrogens with zero attached hydrogens (tertiary/aromatic N) is 2. The highest BCUT2D eigenvalue weighted by Crippen LogP contribution is 2.32. The van der Waals surface area contributed by atoms with Crippen LogP contribution in [0, 0.1) is 20.8 Å². The van der Waals surface area contributed by atoms with Crippen LogP contribution in [0.2, 0.25) is 5.02 Å². The fourth-order valence-corrected chi connectivity index (χ4v) is 2.16. The average molecular weight is 279 g/mol. The maximum atomic E-state index is 6.00. The van der Waals surface area contributed by atoms with Gasteiger partial charge in [0.2, 0.25) is 5.88 Å². The van der Waals surface area contributed by atoms with Gasteiger partial charge < -0.3 is 10.2 Å². The van der Waals surface area contributed by atoms with Crippen molar-refractivity contribution >= 4 is 17.4 Å². The Kier molecular flexibility index (Phi) is 3.87. The molecule has 0 saturated carbocycles. The summed E-state index contributed by atoms with van der Waals surface area (Å²) in [4.78, 5) is 8.13. The second kappa shape index (κ2) is 5.42. The predicted molar refractivity (Wildman–Crippen MR) is 75.6 cm³/mol. The Hall–Kier alpha value is -1.85. The van der Waals surface area contributed by atoms with Gasteiger partial charge in [0.05, 0.1) is 5.56 Å². The zero-order valence-electron chi connectivity index (χ0n) is 11.0. The standard InChI is InChI=1S/C13H15ClN4O/c1-7-4-10(14)5-8(2)11(7)19-13-9(3)12(18-15)16-6-17-13/h4-6H,15H2,1-3H3,(H,16,17,18). The van der Waals surface area contributed by atoms with Crippen molar-refractivity contribution in [2.24, 2.45) is 5.84 Å². The van der Waals surface area contributed by atoms with E-state index in [1.807, 2.05) is 32.9 Å². The molecule has 0 unspecified atom stereocenters. The van der Waals surface area contributed by atoms with E-state index in [0.29, 0.717) is 16.7 Å². The Bertz CT molecular complexity index is 593. The SMILES string of the molecule is Cc1cc(Cl)cc(C)c1Oc1ncnc(NN)c1C. The van der Waals surface area contributed by atoms with Crippen LogP contribution in [0.15, 0.2) is 18.5 Å². The first-order chi connectivity index (χ1) is 9.02. The Labute approximate surface area is 116 Å². The van der Waals surface area contributed by atoms with Gasteiger partial charge in [0, 0.05) is 5.02 Å². The zero-order chi connectivity index (χ0) is 14.0. The third-order valence-corrected chi connectivity index (χ3v) is 3.02. The van der Waals surface area contributed by atoms with E-state index in [1.54, 1.807) is 0 Å². The van der Waals surface area contributed by atoms with E-state index in [9.17, 15) is 0 Å². The number of rotatable bonds is 3. The van der Waals surface area contributed by atoms with Crippen LogP contribution in [0.4, 0.5) is 5.82 Å². The van der Waals surface area contributed by atoms with Gasteiger partial charge in [0.25, 0.3) is 0 Å². The summed E-state index contributed by atoms with van der Waals surface area (Å²) in [5.74, 6) is 7.13. The first-order valence-electron chi connectivity index (χ1n) is 5.75. The van der Waals surface area contributed by atoms with Gasteiger partial charge in [0.15, 0.2) is 0 Å². The predicted octanol–water partition coefficient (Wildman–Crippen LogP) is 3.13. The van der Waals surface area contributed by atoms with Crippen LogP contribution in [0.5, 0.6) is 11.6 Å². The Morgan fingerprint density at radius 2 is 1.79 bits per heavy atom. The number of aryl methyl sites for hydroxylation is 2. The van der Waals surface area contributed by atoms with E-state index in [0.717, 1.165) is 22.4 Å². The highest BCUT2D eigenvalue weighted by molar-refractivity contribution is 6.30. The zero-order valence-corrected chi connectivity index (χ0v) is 11.7. The van der Waals surface area contributed by atoms with Crippen LogP contribution >= 0.6 is 11.6 Å². The molecule has 5 nitrogen and oxygen atoms in total. The summed E-state index contributed by atoms with van der Waals surface area (Å²) in [5, 5.41) is 0.686. The topological polar surface area (TPSA) is 73.1 Å². The maximum absolute atomic E-state index is 6.00. The van der Waals surface area contributed by atoms with E-state index in [-0.39, 0.29) is 0 Å². The molecule has 0 aliphatic heterocycles. The molecule has 0 aliphatic rings. The molecule has 0 bridgehead atoms. The number of ether oxygens (including phenoxy) is 1. The number of nitrogen functional groups attached to an aromatic ring is 1. The number of halogens is 1. The number of benzene rings is 1. The Morgan fingerprint density at radius 1 is 1.16 bits per heavy atom. The highest BCUT2D eigenvalue weighted by atomic mass is 35.5. The molecule has 0 amide bonds. The van der Waals surface area contributed by atoms with E-state index >= 15 is 0 Å². The number of nitrogens with one attached hydrogen (secondary N) is 1. The van der Waals surface area contributed by atoms with E-state index in [4.69, 9.17) is 22.2 Å². The first kappa shape index (κ1) is 13.6. The van der Waals surface area contributed by atoms with Crippen molar-refractivity contribution in [1.82, 2.24) is 9.97 Å². The third-order valence-electron chi connectivity index (χ3n) is 2.80. The molecule has 2 aromatic rings. The molecule has 3 N–H and O–H groups in total. The maximum Gasteiger partial charge on any atom is 0.227 e. The number of anilines is 1. The quantitative estimate of drug-likeness (QED) is 0.666. The van der Waals surface area contributed by atoms with Crippen LogP contribution < -0.4 is 16.0 Å². The van der Waals surface area contributed by atoms with Gasteiger partial charge in [-0.25, -0.2) is 15.8 Å². The molecule has 1 heterocycles. The molecular formula is C13H15ClN4O. The summed E-state index contributed by atoms with van der Waals surface area (Å²) in [6.07, 6.45) is 1.40. The first-order valence-corrected chi connectivity index (χ1v) is 6.13. The van der Waals surface area contributed by atoms with Gasteiger partial charge in [0.1, 0.15) is 17.9 Å². The van der Waals surface area contributed by atoms with Gasteiger partial charge in [-0.15, -0.1) is 0 Å². The molecule has 0 fully saturated rings. The molecule has 1 aromatic carbocycles. The lowest BCUT2D eigenvalue weighted by molar-refractivity contribution is 0.451. The monoisotopic (exact) mass is 278 g/mol. The van der Waals surface area contributed by atoms with Crippen LogP contribution in [-0.2, 0) is 0 Å². The number of nitrogens with two attached hydrogens (primary N) is 1. The van der Waals surface area contributed by atoms with Crippen molar-refractivity contribution in [1.29, 1.82) is 0 Å². The number of aromatic nitrogens is 2. The summed E-state index contributed by atoms with van der Waals surface area (Å²) in [7, 11) is 0. The summed E-state index contributed by atoms with van der Waals surface area (Å²) in [6.45, 7) is 5.71. The fraction of sp³-hybridized carbons (Fsp3) is 0.231. The van der Waals surface area contributed by atoms with Crippen molar-refractivity contribution in [2.45, 2.75) is 20.8 Å². The lowest BCUT2D eigenvalue weighted by Crippen LogP contribution is -2.11. The summed E-state index contributed by atoms with van der Waals surface area (Å²) >= 11 is 6.00. The van der Waals surface area contributed by atoms with Gasteiger partial charge in [-0.1, -0.05) is 11.6 Å². The molecule has 0 aliphatic carbocycles. The molecule has 2 rings (SSSR count). The van der Waals surface area contributed by atoms with Gasteiger partial charge in [-0.05, 0) is 44.0 Å². The largest absolute Gasteiger partial charge is 0.438 e. The molecule has 100 valence electrons.